The number of carbonyl (C=O) groups excluding carboxylic acids is 2. The van der Waals surface area contributed by atoms with Gasteiger partial charge in [-0.1, -0.05) is 23.8 Å². The number of carbonyl (C=O) groups is 2. The summed E-state index contributed by atoms with van der Waals surface area (Å²) in [6, 6.07) is 11.7. The van der Waals surface area contributed by atoms with Gasteiger partial charge in [0.25, 0.3) is 0 Å². The molecule has 30 heavy (non-hydrogen) atoms. The van der Waals surface area contributed by atoms with Crippen LogP contribution in [0.4, 0.5) is 14.5 Å². The number of halogens is 2. The highest BCUT2D eigenvalue weighted by Gasteiger charge is 2.13. The van der Waals surface area contributed by atoms with Gasteiger partial charge in [0, 0.05) is 18.8 Å². The number of aryl methyl sites for hydroxylation is 1. The lowest BCUT2D eigenvalue weighted by Crippen LogP contribution is -2.33. The van der Waals surface area contributed by atoms with Crippen LogP contribution in [-0.2, 0) is 9.59 Å². The first-order valence-corrected chi connectivity index (χ1v) is 9.30. The number of nitrogens with one attached hydrogen (secondary N) is 1. The monoisotopic (exact) mass is 418 g/mol. The number of amides is 2. The number of benzene rings is 2. The van der Waals surface area contributed by atoms with Gasteiger partial charge in [-0.15, -0.1) is 0 Å². The van der Waals surface area contributed by atoms with Crippen LogP contribution in [0, 0.1) is 6.92 Å². The Morgan fingerprint density at radius 3 is 2.47 bits per heavy atom. The number of nitrogens with zero attached hydrogens (tertiary/aromatic N) is 1. The zero-order valence-electron chi connectivity index (χ0n) is 17.0. The summed E-state index contributed by atoms with van der Waals surface area (Å²) in [6.07, 6.45) is 2.79. The molecule has 0 saturated carbocycles. The smallest absolute Gasteiger partial charge is 0.387 e. The van der Waals surface area contributed by atoms with Crippen LogP contribution in [0.2, 0.25) is 0 Å². The molecular weight excluding hydrogens is 394 g/mol. The van der Waals surface area contributed by atoms with Gasteiger partial charge in [0.1, 0.15) is 0 Å². The van der Waals surface area contributed by atoms with Crippen molar-refractivity contribution in [2.24, 2.45) is 0 Å². The second-order valence-corrected chi connectivity index (χ2v) is 6.46. The summed E-state index contributed by atoms with van der Waals surface area (Å²) in [6.45, 7) is 0.843. The molecule has 8 heteroatoms. The Morgan fingerprint density at radius 2 is 1.83 bits per heavy atom. The van der Waals surface area contributed by atoms with Crippen molar-refractivity contribution in [3.8, 4) is 11.5 Å². The van der Waals surface area contributed by atoms with E-state index in [4.69, 9.17) is 4.74 Å². The third-order valence-electron chi connectivity index (χ3n) is 3.99. The number of ether oxygens (including phenoxy) is 2. The normalized spacial score (nSPS) is 10.9. The van der Waals surface area contributed by atoms with E-state index in [0.29, 0.717) is 11.3 Å². The minimum Gasteiger partial charge on any atom is -0.490 e. The average molecular weight is 418 g/mol. The lowest BCUT2D eigenvalue weighted by Gasteiger charge is -2.15. The minimum atomic E-state index is -2.97. The Balaban J connectivity index is 1.97. The molecule has 0 aliphatic carbocycles. The summed E-state index contributed by atoms with van der Waals surface area (Å²) in [4.78, 5) is 25.6. The lowest BCUT2D eigenvalue weighted by atomic mass is 10.2. The molecule has 2 rings (SSSR count). The molecule has 1 N–H and O–H groups in total. The van der Waals surface area contributed by atoms with Crippen LogP contribution in [0.5, 0.6) is 11.5 Å². The number of hydrogen-bond donors (Lipinski definition) is 1. The zero-order valence-corrected chi connectivity index (χ0v) is 17.0. The van der Waals surface area contributed by atoms with E-state index in [1.165, 1.54) is 42.3 Å². The fraction of sp³-hybridized carbons (Fsp3) is 0.273. The van der Waals surface area contributed by atoms with Crippen LogP contribution in [0.1, 0.15) is 18.1 Å². The van der Waals surface area contributed by atoms with Crippen molar-refractivity contribution in [3.63, 3.8) is 0 Å². The molecule has 0 radical (unpaired) electrons. The van der Waals surface area contributed by atoms with Crippen LogP contribution in [-0.4, -0.2) is 43.5 Å². The molecule has 2 aromatic rings. The van der Waals surface area contributed by atoms with Crippen LogP contribution >= 0.6 is 0 Å². The first-order valence-electron chi connectivity index (χ1n) is 9.30. The van der Waals surface area contributed by atoms with Crippen molar-refractivity contribution in [1.29, 1.82) is 0 Å². The molecule has 0 saturated heterocycles. The molecule has 0 bridgehead atoms. The first-order chi connectivity index (χ1) is 14.3. The SMILES string of the molecule is CCOc1cc(/C=C/C(=O)N(C)CC(=O)Nc2ccc(C)cc2)ccc1OC(F)F. The highest BCUT2D eigenvalue weighted by Crippen LogP contribution is 2.30. The zero-order chi connectivity index (χ0) is 22.1. The molecule has 0 heterocycles. The summed E-state index contributed by atoms with van der Waals surface area (Å²) in [5.41, 5.74) is 2.29. The molecule has 0 spiro atoms. The topological polar surface area (TPSA) is 67.9 Å². The van der Waals surface area contributed by atoms with Gasteiger partial charge in [0.15, 0.2) is 11.5 Å². The van der Waals surface area contributed by atoms with Gasteiger partial charge in [-0.25, -0.2) is 0 Å². The highest BCUT2D eigenvalue weighted by molar-refractivity contribution is 5.97. The second kappa shape index (κ2) is 10.9. The molecule has 0 unspecified atom stereocenters. The van der Waals surface area contributed by atoms with Gasteiger partial charge in [-0.3, -0.25) is 9.59 Å². The Kier molecular flexibility index (Phi) is 8.34. The van der Waals surface area contributed by atoms with E-state index < -0.39 is 6.61 Å². The van der Waals surface area contributed by atoms with Crippen LogP contribution in [0.3, 0.4) is 0 Å². The van der Waals surface area contributed by atoms with Crippen LogP contribution in [0.25, 0.3) is 6.08 Å². The van der Waals surface area contributed by atoms with Gasteiger partial charge < -0.3 is 19.7 Å². The molecule has 0 atom stereocenters. The second-order valence-electron chi connectivity index (χ2n) is 6.46. The predicted molar refractivity (Wildman–Crippen MR) is 111 cm³/mol. The van der Waals surface area contributed by atoms with E-state index in [-0.39, 0.29) is 36.5 Å². The highest BCUT2D eigenvalue weighted by atomic mass is 19.3. The fourth-order valence-electron chi connectivity index (χ4n) is 2.52. The molecule has 160 valence electrons. The predicted octanol–water partition coefficient (Wildman–Crippen LogP) is 4.11. The van der Waals surface area contributed by atoms with E-state index in [1.807, 2.05) is 19.1 Å². The van der Waals surface area contributed by atoms with E-state index in [1.54, 1.807) is 19.1 Å². The van der Waals surface area contributed by atoms with Crippen molar-refractivity contribution in [1.82, 2.24) is 4.90 Å². The number of anilines is 1. The first kappa shape index (κ1) is 22.9. The summed E-state index contributed by atoms with van der Waals surface area (Å²) in [5, 5.41) is 2.72. The molecule has 6 nitrogen and oxygen atoms in total. The third-order valence-corrected chi connectivity index (χ3v) is 3.99. The standard InChI is InChI=1S/C22H24F2N2O4/c1-4-29-19-13-16(7-11-18(19)30-22(23)24)8-12-21(28)26(3)14-20(27)25-17-9-5-15(2)6-10-17/h5-13,22H,4,14H2,1-3H3,(H,25,27)/b12-8+. The fourth-order valence-corrected chi connectivity index (χ4v) is 2.52. The molecule has 2 aromatic carbocycles. The van der Waals surface area contributed by atoms with Crippen molar-refractivity contribution in [3.05, 3.63) is 59.7 Å². The summed E-state index contributed by atoms with van der Waals surface area (Å²) >= 11 is 0. The molecule has 0 fully saturated rings. The Bertz CT molecular complexity index is 899. The maximum Gasteiger partial charge on any atom is 0.387 e. The maximum absolute atomic E-state index is 12.5. The Labute approximate surface area is 174 Å². The largest absolute Gasteiger partial charge is 0.490 e. The van der Waals surface area contributed by atoms with E-state index in [0.717, 1.165) is 5.56 Å². The van der Waals surface area contributed by atoms with Gasteiger partial charge in [-0.2, -0.15) is 8.78 Å². The Hall–Kier alpha value is -3.42. The number of hydrogen-bond acceptors (Lipinski definition) is 4. The maximum atomic E-state index is 12.5. The van der Waals surface area contributed by atoms with Gasteiger partial charge in [0.2, 0.25) is 11.8 Å². The minimum absolute atomic E-state index is 0.0831. The van der Waals surface area contributed by atoms with Gasteiger partial charge >= 0.3 is 6.61 Å². The van der Waals surface area contributed by atoms with Crippen LogP contribution in [0.15, 0.2) is 48.5 Å². The van der Waals surface area contributed by atoms with Gasteiger partial charge in [-0.05, 0) is 49.8 Å². The number of likely N-dealkylation sites (N-methyl/N-ethyl adjacent to an activating group) is 1. The lowest BCUT2D eigenvalue weighted by molar-refractivity contribution is -0.129. The van der Waals surface area contributed by atoms with E-state index in [2.05, 4.69) is 10.1 Å². The quantitative estimate of drug-likeness (QED) is 0.623. The van der Waals surface area contributed by atoms with E-state index >= 15 is 0 Å². The van der Waals surface area contributed by atoms with Crippen molar-refractivity contribution in [2.75, 3.05) is 25.5 Å². The molecule has 2 amide bonds. The molecule has 0 aliphatic heterocycles. The van der Waals surface area contributed by atoms with Crippen LogP contribution < -0.4 is 14.8 Å². The summed E-state index contributed by atoms with van der Waals surface area (Å²) in [7, 11) is 1.51. The molecule has 0 aliphatic rings. The molecule has 0 aromatic heterocycles. The molecular formula is C22H24F2N2O4. The van der Waals surface area contributed by atoms with E-state index in [9.17, 15) is 18.4 Å². The third kappa shape index (κ3) is 7.20. The van der Waals surface area contributed by atoms with Crippen molar-refractivity contribution >= 4 is 23.6 Å². The van der Waals surface area contributed by atoms with Crippen molar-refractivity contribution in [2.45, 2.75) is 20.5 Å². The van der Waals surface area contributed by atoms with Gasteiger partial charge in [0.05, 0.1) is 13.2 Å². The number of rotatable bonds is 9. The number of alkyl halides is 2. The summed E-state index contributed by atoms with van der Waals surface area (Å²) in [5.74, 6) is -0.645. The Morgan fingerprint density at radius 1 is 1.13 bits per heavy atom. The average Bonchev–Trinajstić information content (AvgIpc) is 2.69. The summed E-state index contributed by atoms with van der Waals surface area (Å²) < 4.78 is 34.7. The van der Waals surface area contributed by atoms with Crippen molar-refractivity contribution < 1.29 is 27.8 Å².